The van der Waals surface area contributed by atoms with Gasteiger partial charge in [-0.3, -0.25) is 62.3 Å². The molecule has 0 saturated carbocycles. The molecule has 5 aliphatic heterocycles. The molecule has 5 aliphatic rings. The van der Waals surface area contributed by atoms with Crippen molar-refractivity contribution in [3.63, 3.8) is 0 Å². The van der Waals surface area contributed by atoms with E-state index in [1.165, 1.54) is 19.6 Å². The first-order valence-corrected chi connectivity index (χ1v) is 36.6. The first-order valence-electron chi connectivity index (χ1n) is 36.6. The van der Waals surface area contributed by atoms with E-state index < -0.39 is 174 Å². The predicted octanol–water partition coefficient (Wildman–Crippen LogP) is 1.53. The van der Waals surface area contributed by atoms with Crippen molar-refractivity contribution in [2.75, 3.05) is 32.7 Å². The molecule has 12 unspecified atom stereocenters. The van der Waals surface area contributed by atoms with Crippen molar-refractivity contribution in [2.24, 2.45) is 11.8 Å². The first kappa shape index (κ1) is 79.1. The Morgan fingerprint density at radius 1 is 0.509 bits per heavy atom. The van der Waals surface area contributed by atoms with Gasteiger partial charge in [0, 0.05) is 58.1 Å². The fourth-order valence-electron chi connectivity index (χ4n) is 14.3. The summed E-state index contributed by atoms with van der Waals surface area (Å²) >= 11 is 0. The summed E-state index contributed by atoms with van der Waals surface area (Å²) in [5, 5.41) is 44.0. The van der Waals surface area contributed by atoms with Gasteiger partial charge in [-0.05, 0) is 91.9 Å². The Labute approximate surface area is 615 Å². The van der Waals surface area contributed by atoms with Crippen molar-refractivity contribution >= 4 is 82.8 Å². The second-order valence-corrected chi connectivity index (χ2v) is 28.3. The van der Waals surface area contributed by atoms with E-state index in [0.29, 0.717) is 41.5 Å². The van der Waals surface area contributed by atoms with Crippen LogP contribution in [0.5, 0.6) is 0 Å². The van der Waals surface area contributed by atoms with Gasteiger partial charge in [-0.2, -0.15) is 0 Å². The quantitative estimate of drug-likeness (QED) is 0.0531. The van der Waals surface area contributed by atoms with E-state index in [1.54, 1.807) is 135 Å². The van der Waals surface area contributed by atoms with Crippen molar-refractivity contribution in [1.29, 1.82) is 0 Å². The minimum absolute atomic E-state index is 0.0228. The van der Waals surface area contributed by atoms with E-state index in [9.17, 15) is 53.4 Å². The van der Waals surface area contributed by atoms with E-state index in [1.807, 2.05) is 13.8 Å². The number of nitrogens with zero attached hydrogens (tertiary/aromatic N) is 4. The van der Waals surface area contributed by atoms with Gasteiger partial charge < -0.3 is 77.7 Å². The van der Waals surface area contributed by atoms with Crippen LogP contribution in [0, 0.1) is 11.8 Å². The molecule has 11 N–H and O–H groups in total. The molecule has 12 amide bonds. The third kappa shape index (κ3) is 21.1. The number of hydrogen-bond acceptors (Lipinski definition) is 15. The lowest BCUT2D eigenvalue weighted by Crippen LogP contribution is -2.59. The van der Waals surface area contributed by atoms with Gasteiger partial charge in [-0.15, -0.1) is 0 Å². The van der Waals surface area contributed by atoms with Gasteiger partial charge in [0.2, 0.25) is 65.0 Å². The molecule has 0 aromatic heterocycles. The van der Waals surface area contributed by atoms with Gasteiger partial charge in [-0.25, -0.2) is 4.79 Å². The minimum atomic E-state index is -1.85. The van der Waals surface area contributed by atoms with Crippen molar-refractivity contribution in [2.45, 2.75) is 190 Å². The molecule has 0 aliphatic carbocycles. The number of hydrogen-bond donors (Lipinski definition) is 11. The number of carbonyl (C=O) groups excluding carboxylic acids is 12. The Morgan fingerprint density at radius 3 is 1.51 bits per heavy atom. The molecule has 4 aromatic rings. The number of carbonyl (C=O) groups is 14. The van der Waals surface area contributed by atoms with Gasteiger partial charge in [0.05, 0.1) is 13.0 Å². The largest absolute Gasteiger partial charge is 0.481 e. The lowest BCUT2D eigenvalue weighted by molar-refractivity contribution is -0.148. The SMILES string of the molecule is CCC(C)C(NC(=O)C(Cc1ccccc1)NC(=O)C1CCCN1C(=O)C1=CNC(Cc2ccccc2)C(=O)N2CCCC2C(=O)NC(Cc2ccccc2)C(=O)NCC(=O)NC(CC(C)C)C(=O)N2CCCC2C(=O)N2CCCC2C(=O)NC(Cc2ccccc2)C(=O)N1)C(=O)NC(CC(=O)O)C(=O)O. The monoisotopic (exact) mass is 1460 g/mol. The zero-order valence-electron chi connectivity index (χ0n) is 60.2. The summed E-state index contributed by atoms with van der Waals surface area (Å²) < 4.78 is 0. The lowest BCUT2D eigenvalue weighted by atomic mass is 9.96. The third-order valence-corrected chi connectivity index (χ3v) is 20.1. The summed E-state index contributed by atoms with van der Waals surface area (Å²) in [6.07, 6.45) is 2.18. The second kappa shape index (κ2) is 37.6. The number of aliphatic carboxylic acids is 2. The van der Waals surface area contributed by atoms with Crippen LogP contribution in [0.2, 0.25) is 0 Å². The Balaban J connectivity index is 1.09. The Hall–Kier alpha value is -11.0. The number of carboxylic acid groups (broad SMARTS) is 2. The maximum atomic E-state index is 15.8. The number of carboxylic acids is 2. The second-order valence-electron chi connectivity index (χ2n) is 28.3. The molecular formula is C77H97N13O16. The molecule has 4 aromatic carbocycles. The number of amides is 12. The summed E-state index contributed by atoms with van der Waals surface area (Å²) in [7, 11) is 0. The fourth-order valence-corrected chi connectivity index (χ4v) is 14.3. The normalized spacial score (nSPS) is 23.5. The van der Waals surface area contributed by atoms with Crippen molar-refractivity contribution in [3.05, 3.63) is 155 Å². The Kier molecular flexibility index (Phi) is 28.1. The first-order chi connectivity index (χ1) is 50.9. The number of benzene rings is 4. The van der Waals surface area contributed by atoms with E-state index in [4.69, 9.17) is 0 Å². The maximum Gasteiger partial charge on any atom is 0.326 e. The fraction of sp³-hybridized carbons (Fsp3) is 0.481. The highest BCUT2D eigenvalue weighted by molar-refractivity contribution is 6.03. The van der Waals surface area contributed by atoms with Crippen LogP contribution in [0.15, 0.2) is 133 Å². The van der Waals surface area contributed by atoms with E-state index in [0.717, 1.165) is 6.20 Å². The summed E-state index contributed by atoms with van der Waals surface area (Å²) in [6, 6.07) is 20.2. The highest BCUT2D eigenvalue weighted by Crippen LogP contribution is 2.28. The van der Waals surface area contributed by atoms with Crippen LogP contribution in [0.4, 0.5) is 0 Å². The molecule has 0 spiro atoms. The third-order valence-electron chi connectivity index (χ3n) is 20.1. The number of nitrogens with one attached hydrogen (secondary N) is 9. The van der Waals surface area contributed by atoms with Crippen LogP contribution >= 0.6 is 0 Å². The van der Waals surface area contributed by atoms with Crippen LogP contribution in [-0.4, -0.2) is 212 Å². The zero-order chi connectivity index (χ0) is 76.1. The van der Waals surface area contributed by atoms with Gasteiger partial charge in [-0.1, -0.05) is 155 Å². The van der Waals surface area contributed by atoms with Crippen molar-refractivity contribution in [1.82, 2.24) is 67.5 Å². The van der Waals surface area contributed by atoms with Crippen molar-refractivity contribution in [3.8, 4) is 0 Å². The summed E-state index contributed by atoms with van der Waals surface area (Å²) in [6.45, 7) is 6.73. The van der Waals surface area contributed by atoms with Crippen LogP contribution in [0.1, 0.15) is 121 Å². The topological polar surface area (TPSA) is 401 Å². The van der Waals surface area contributed by atoms with E-state index in [-0.39, 0.29) is 103 Å². The predicted molar refractivity (Wildman–Crippen MR) is 386 cm³/mol. The maximum absolute atomic E-state index is 15.8. The van der Waals surface area contributed by atoms with Crippen LogP contribution in [0.3, 0.4) is 0 Å². The number of rotatable bonds is 22. The summed E-state index contributed by atoms with van der Waals surface area (Å²) in [4.78, 5) is 207. The molecule has 29 nitrogen and oxygen atoms in total. The molecule has 4 saturated heterocycles. The molecule has 5 heterocycles. The van der Waals surface area contributed by atoms with Gasteiger partial charge >= 0.3 is 11.9 Å². The van der Waals surface area contributed by atoms with Crippen LogP contribution in [-0.2, 0) is 92.8 Å². The lowest BCUT2D eigenvalue weighted by Gasteiger charge is -2.33. The van der Waals surface area contributed by atoms with Crippen LogP contribution in [0.25, 0.3) is 0 Å². The van der Waals surface area contributed by atoms with E-state index in [2.05, 4.69) is 47.9 Å². The van der Waals surface area contributed by atoms with Gasteiger partial charge in [0.15, 0.2) is 0 Å². The Morgan fingerprint density at radius 2 is 0.991 bits per heavy atom. The van der Waals surface area contributed by atoms with Gasteiger partial charge in [0.25, 0.3) is 5.91 Å². The number of fused-ring (bicyclic) bond motifs is 3. The molecule has 0 radical (unpaired) electrons. The molecule has 12 atom stereocenters. The molecule has 106 heavy (non-hydrogen) atoms. The Bertz CT molecular complexity index is 3870. The smallest absolute Gasteiger partial charge is 0.326 e. The van der Waals surface area contributed by atoms with Crippen LogP contribution < -0.4 is 47.9 Å². The average Bonchev–Trinajstić information content (AvgIpc) is 1.62. The zero-order valence-corrected chi connectivity index (χ0v) is 60.2. The van der Waals surface area contributed by atoms with E-state index >= 15 is 24.0 Å². The number of likely N-dealkylation sites (tertiary alicyclic amines) is 1. The molecule has 566 valence electrons. The molecule has 0 bridgehead atoms. The summed E-state index contributed by atoms with van der Waals surface area (Å²) in [5.74, 6) is -13.0. The summed E-state index contributed by atoms with van der Waals surface area (Å²) in [5.41, 5.74) is 1.91. The molecule has 9 rings (SSSR count). The standard InChI is InChI=1S/C77H97N13O16/c1-5-47(4)65(72(100)84-57(77(105)106)43-64(92)93)86-68(96)54(41-50-26-14-8-15-27-50)83-70(98)60-31-19-35-88(60)75(103)58-44-78-55(42-51-28-16-9-17-29-51)73(101)87-34-18-30-59(87)69(97)81-52(39-48-22-10-6-11-23-48)66(94)79-45-63(91)80-56(38-46(2)3)74(102)90-37-21-33-62(90)76(104)89-36-20-32-61(89)71(99)82-53(67(95)85-58)40-49-24-12-7-13-25-49/h6-17,22-29,44,46-47,52-57,59-62,65,78H,5,18-21,30-43,45H2,1-4H3,(H,79,94)(H,80,91)(H,81,97)(H,82,99)(H,83,98)(H,84,100)(H,85,95)(H,86,96)(H,92,93)(H,105,106). The highest BCUT2D eigenvalue weighted by atomic mass is 16.4. The molecular weight excluding hydrogens is 1360 g/mol. The highest BCUT2D eigenvalue weighted by Gasteiger charge is 2.46. The average molecular weight is 1460 g/mol. The molecule has 29 heteroatoms. The van der Waals surface area contributed by atoms with Gasteiger partial charge in [0.1, 0.15) is 72.2 Å². The minimum Gasteiger partial charge on any atom is -0.481 e. The molecule has 4 fully saturated rings. The van der Waals surface area contributed by atoms with Crippen molar-refractivity contribution < 1.29 is 77.3 Å².